The van der Waals surface area contributed by atoms with Crippen molar-refractivity contribution in [2.24, 2.45) is 11.8 Å². The first kappa shape index (κ1) is 23.9. The topological polar surface area (TPSA) is 115 Å². The average molecular weight is 477 g/mol. The molecular weight excluding hydrogens is 453 g/mol. The van der Waals surface area contributed by atoms with Crippen molar-refractivity contribution in [1.29, 1.82) is 0 Å². The molecule has 2 atom stereocenters. The van der Waals surface area contributed by atoms with E-state index in [0.29, 0.717) is 5.56 Å². The molecule has 0 unspecified atom stereocenters. The third-order valence-corrected chi connectivity index (χ3v) is 6.58. The van der Waals surface area contributed by atoms with Crippen LogP contribution in [-0.4, -0.2) is 51.0 Å². The number of rotatable bonds is 5. The molecule has 0 radical (unpaired) electrons. The Hall–Kier alpha value is -4.20. The van der Waals surface area contributed by atoms with Gasteiger partial charge in [0.05, 0.1) is 0 Å². The van der Waals surface area contributed by atoms with Crippen molar-refractivity contribution in [3.8, 4) is 11.5 Å². The fourth-order valence-corrected chi connectivity index (χ4v) is 4.87. The number of hydrogen-bond donors (Lipinski definition) is 3. The number of piperidine rings is 1. The lowest BCUT2D eigenvalue weighted by Gasteiger charge is -2.42. The summed E-state index contributed by atoms with van der Waals surface area (Å²) >= 11 is 0. The van der Waals surface area contributed by atoms with Crippen molar-refractivity contribution in [2.75, 3.05) is 13.1 Å². The molecule has 0 bridgehead atoms. The first-order valence-corrected chi connectivity index (χ1v) is 11.1. The number of nitrogens with zero attached hydrogens (tertiary/aromatic N) is 1. The van der Waals surface area contributed by atoms with Crippen LogP contribution in [0.5, 0.6) is 11.5 Å². The summed E-state index contributed by atoms with van der Waals surface area (Å²) < 4.78 is 14.6. The molecular formula is C27H24FNO6. The Labute approximate surface area is 201 Å². The van der Waals surface area contributed by atoms with E-state index >= 15 is 0 Å². The predicted molar refractivity (Wildman–Crippen MR) is 125 cm³/mol. The number of phenolic OH excluding ortho intramolecular Hbond substituents is 2. The van der Waals surface area contributed by atoms with Gasteiger partial charge in [0.15, 0.2) is 11.6 Å². The normalized spacial score (nSPS) is 18.3. The van der Waals surface area contributed by atoms with Gasteiger partial charge in [-0.25, -0.2) is 9.18 Å². The van der Waals surface area contributed by atoms with Gasteiger partial charge in [-0.05, 0) is 48.4 Å². The summed E-state index contributed by atoms with van der Waals surface area (Å²) in [6.45, 7) is 1.16. The number of carboxylic acid groups (broad SMARTS) is 1. The van der Waals surface area contributed by atoms with Gasteiger partial charge in [-0.3, -0.25) is 9.59 Å². The average Bonchev–Trinajstić information content (AvgIpc) is 2.84. The zero-order valence-electron chi connectivity index (χ0n) is 18.9. The summed E-state index contributed by atoms with van der Waals surface area (Å²) in [5, 5.41) is 29.6. The Kier molecular flexibility index (Phi) is 6.55. The molecule has 3 N–H and O–H groups in total. The number of ketones is 2. The number of hydrogen-bond acceptors (Lipinski definition) is 5. The Bertz CT molecular complexity index is 1240. The highest BCUT2D eigenvalue weighted by Crippen LogP contribution is 2.42. The summed E-state index contributed by atoms with van der Waals surface area (Å²) in [6.07, 6.45) is -1.29. The second-order valence-electron chi connectivity index (χ2n) is 8.71. The van der Waals surface area contributed by atoms with Crippen molar-refractivity contribution in [3.05, 3.63) is 94.8 Å². The number of carbonyl (C=O) groups is 3. The predicted octanol–water partition coefficient (Wildman–Crippen LogP) is 4.62. The minimum atomic E-state index is -1.29. The van der Waals surface area contributed by atoms with Crippen LogP contribution in [0.1, 0.15) is 37.8 Å². The molecule has 4 rings (SSSR count). The maximum absolute atomic E-state index is 14.6. The number of likely N-dealkylation sites (tertiary alicyclic amines) is 1. The van der Waals surface area contributed by atoms with Gasteiger partial charge in [-0.2, -0.15) is 0 Å². The Morgan fingerprint density at radius 3 is 1.77 bits per heavy atom. The van der Waals surface area contributed by atoms with Crippen molar-refractivity contribution < 1.29 is 34.1 Å². The largest absolute Gasteiger partial charge is 0.508 e. The molecule has 0 aromatic heterocycles. The number of Topliss-reactive ketones (excluding diaryl/α,β-unsaturated/α-hetero) is 2. The molecule has 0 aliphatic carbocycles. The highest BCUT2D eigenvalue weighted by molar-refractivity contribution is 6.02. The van der Waals surface area contributed by atoms with E-state index in [0.717, 1.165) is 4.90 Å². The Balaban J connectivity index is 1.89. The van der Waals surface area contributed by atoms with E-state index in [2.05, 4.69) is 0 Å². The lowest BCUT2D eigenvalue weighted by molar-refractivity contribution is 0.0570. The summed E-state index contributed by atoms with van der Waals surface area (Å²) in [6, 6.07) is 15.8. The molecule has 1 aliphatic heterocycles. The molecule has 1 saturated heterocycles. The number of aromatic hydroxyl groups is 2. The number of halogens is 1. The molecule has 1 amide bonds. The van der Waals surface area contributed by atoms with E-state index in [1.54, 1.807) is 13.0 Å². The van der Waals surface area contributed by atoms with E-state index in [1.165, 1.54) is 60.7 Å². The number of phenols is 2. The van der Waals surface area contributed by atoms with E-state index in [9.17, 15) is 34.1 Å². The maximum Gasteiger partial charge on any atom is 0.407 e. The van der Waals surface area contributed by atoms with Crippen LogP contribution in [0.2, 0.25) is 0 Å². The summed E-state index contributed by atoms with van der Waals surface area (Å²) in [5.41, 5.74) is 1.02. The fourth-order valence-electron chi connectivity index (χ4n) is 4.87. The molecule has 180 valence electrons. The van der Waals surface area contributed by atoms with Crippen molar-refractivity contribution in [3.63, 3.8) is 0 Å². The molecule has 1 aliphatic rings. The third-order valence-electron chi connectivity index (χ3n) is 6.58. The van der Waals surface area contributed by atoms with Crippen LogP contribution in [0.25, 0.3) is 0 Å². The van der Waals surface area contributed by atoms with Gasteiger partial charge in [0.2, 0.25) is 0 Å². The quantitative estimate of drug-likeness (QED) is 0.462. The van der Waals surface area contributed by atoms with Gasteiger partial charge < -0.3 is 20.2 Å². The summed E-state index contributed by atoms with van der Waals surface area (Å²) in [5.74, 6) is -4.58. The van der Waals surface area contributed by atoms with Gasteiger partial charge in [-0.1, -0.05) is 36.4 Å². The molecule has 0 saturated carbocycles. The Morgan fingerprint density at radius 2 is 1.31 bits per heavy atom. The maximum atomic E-state index is 14.6. The molecule has 0 spiro atoms. The SMILES string of the molecule is Cc1c(F)cccc1C1[C@@H](C(=O)c2cccc(O)c2)CN(C(=O)O)C[C@@H]1C(=O)c1cccc(O)c1. The molecule has 1 heterocycles. The smallest absolute Gasteiger partial charge is 0.407 e. The van der Waals surface area contributed by atoms with Gasteiger partial charge in [0.1, 0.15) is 17.3 Å². The lowest BCUT2D eigenvalue weighted by Crippen LogP contribution is -2.52. The molecule has 7 nitrogen and oxygen atoms in total. The molecule has 8 heteroatoms. The van der Waals surface area contributed by atoms with Gasteiger partial charge >= 0.3 is 6.09 Å². The van der Waals surface area contributed by atoms with Crippen molar-refractivity contribution >= 4 is 17.7 Å². The standard InChI is InChI=1S/C27H24FNO6/c1-15-20(9-4-10-23(15)28)24-21(25(32)16-5-2-7-18(30)11-16)13-29(27(34)35)14-22(24)26(33)17-6-3-8-19(31)12-17/h2-12,21-22,24,30-31H,13-14H2,1H3,(H,34,35)/t21-,22-/m0/s1. The lowest BCUT2D eigenvalue weighted by atomic mass is 9.68. The monoisotopic (exact) mass is 477 g/mol. The van der Waals surface area contributed by atoms with E-state index < -0.39 is 41.2 Å². The second-order valence-corrected chi connectivity index (χ2v) is 8.71. The van der Waals surface area contributed by atoms with Crippen LogP contribution < -0.4 is 0 Å². The third kappa shape index (κ3) is 4.73. The van der Waals surface area contributed by atoms with Crippen molar-refractivity contribution in [2.45, 2.75) is 12.8 Å². The van der Waals surface area contributed by atoms with Gasteiger partial charge in [0.25, 0.3) is 0 Å². The number of carbonyl (C=O) groups excluding carboxylic acids is 2. The van der Waals surface area contributed by atoms with Crippen LogP contribution >= 0.6 is 0 Å². The van der Waals surface area contributed by atoms with Crippen molar-refractivity contribution in [1.82, 2.24) is 4.90 Å². The first-order chi connectivity index (χ1) is 16.7. The van der Waals surface area contributed by atoms with E-state index in [4.69, 9.17) is 0 Å². The zero-order valence-corrected chi connectivity index (χ0v) is 18.9. The second kappa shape index (κ2) is 9.58. The van der Waals surface area contributed by atoms with Crippen LogP contribution in [0.15, 0.2) is 66.7 Å². The minimum Gasteiger partial charge on any atom is -0.508 e. The van der Waals surface area contributed by atoms with Crippen LogP contribution in [0.4, 0.5) is 9.18 Å². The number of benzene rings is 3. The van der Waals surface area contributed by atoms with Crippen LogP contribution in [0.3, 0.4) is 0 Å². The van der Waals surface area contributed by atoms with Crippen LogP contribution in [-0.2, 0) is 0 Å². The van der Waals surface area contributed by atoms with Gasteiger partial charge in [-0.15, -0.1) is 0 Å². The fraction of sp³-hybridized carbons (Fsp3) is 0.222. The molecule has 35 heavy (non-hydrogen) atoms. The van der Waals surface area contributed by atoms with E-state index in [1.807, 2.05) is 0 Å². The summed E-state index contributed by atoms with van der Waals surface area (Å²) in [4.78, 5) is 40.4. The number of amides is 1. The zero-order chi connectivity index (χ0) is 25.3. The highest BCUT2D eigenvalue weighted by atomic mass is 19.1. The van der Waals surface area contributed by atoms with E-state index in [-0.39, 0.29) is 41.3 Å². The van der Waals surface area contributed by atoms with Crippen LogP contribution in [0, 0.1) is 24.6 Å². The minimum absolute atomic E-state index is 0.132. The highest BCUT2D eigenvalue weighted by Gasteiger charge is 2.46. The Morgan fingerprint density at radius 1 is 0.829 bits per heavy atom. The summed E-state index contributed by atoms with van der Waals surface area (Å²) in [7, 11) is 0. The molecule has 3 aromatic rings. The first-order valence-electron chi connectivity index (χ1n) is 11.1. The molecule has 3 aromatic carbocycles. The van der Waals surface area contributed by atoms with Gasteiger partial charge in [0, 0.05) is 42.0 Å². The molecule has 1 fully saturated rings.